The van der Waals surface area contributed by atoms with Crippen LogP contribution in [0.2, 0.25) is 0 Å². The highest BCUT2D eigenvalue weighted by Gasteiger charge is 2.24. The summed E-state index contributed by atoms with van der Waals surface area (Å²) in [7, 11) is 0. The van der Waals surface area contributed by atoms with E-state index in [2.05, 4.69) is 14.9 Å². The van der Waals surface area contributed by atoms with Crippen LogP contribution in [0.5, 0.6) is 0 Å². The number of nitrogens with one attached hydrogen (secondary N) is 1. The van der Waals surface area contributed by atoms with Gasteiger partial charge in [-0.3, -0.25) is 9.59 Å². The molecule has 0 saturated heterocycles. The molecule has 1 aromatic carbocycles. The minimum absolute atomic E-state index is 0.0821. The summed E-state index contributed by atoms with van der Waals surface area (Å²) in [6.07, 6.45) is 9.66. The van der Waals surface area contributed by atoms with Gasteiger partial charge < -0.3 is 14.8 Å². The zero-order valence-electron chi connectivity index (χ0n) is 17.2. The quantitative estimate of drug-likeness (QED) is 0.856. The van der Waals surface area contributed by atoms with Gasteiger partial charge in [0.25, 0.3) is 0 Å². The van der Waals surface area contributed by atoms with Crippen molar-refractivity contribution in [2.24, 2.45) is 5.92 Å². The van der Waals surface area contributed by atoms with E-state index in [9.17, 15) is 9.59 Å². The Morgan fingerprint density at radius 2 is 1.97 bits per heavy atom. The molecule has 1 aromatic heterocycles. The number of aromatic nitrogens is 2. The molecule has 4 rings (SSSR count). The van der Waals surface area contributed by atoms with Crippen molar-refractivity contribution in [1.82, 2.24) is 14.5 Å². The van der Waals surface area contributed by atoms with Gasteiger partial charge in [0.2, 0.25) is 11.8 Å². The van der Waals surface area contributed by atoms with E-state index in [-0.39, 0.29) is 5.91 Å². The van der Waals surface area contributed by atoms with Crippen molar-refractivity contribution in [3.05, 3.63) is 36.3 Å². The van der Waals surface area contributed by atoms with Gasteiger partial charge in [0.1, 0.15) is 5.82 Å². The maximum atomic E-state index is 12.9. The van der Waals surface area contributed by atoms with Crippen LogP contribution in [0.3, 0.4) is 0 Å². The number of imidazole rings is 1. The number of hydrogen-bond acceptors (Lipinski definition) is 3. The largest absolute Gasteiger partial charge is 0.340 e. The molecule has 1 saturated carbocycles. The topological polar surface area (TPSA) is 67.2 Å². The molecule has 0 bridgehead atoms. The maximum Gasteiger partial charge on any atom is 0.222 e. The Labute approximate surface area is 172 Å². The molecule has 2 amide bonds. The fraction of sp³-hybridized carbons (Fsp3) is 0.522. The SMILES string of the molecule is CC(=O)Nc1cccc(-c2cnc3n2CCN(C(=O)CC2CCCCC2)CC3)c1. The maximum absolute atomic E-state index is 12.9. The third-order valence-electron chi connectivity index (χ3n) is 6.16. The molecule has 2 aliphatic rings. The van der Waals surface area contributed by atoms with E-state index >= 15 is 0 Å². The van der Waals surface area contributed by atoms with Gasteiger partial charge >= 0.3 is 0 Å². The number of carbonyl (C=O) groups excluding carboxylic acids is 2. The molecule has 1 aliphatic carbocycles. The molecule has 1 aliphatic heterocycles. The van der Waals surface area contributed by atoms with Crippen LogP contribution in [0, 0.1) is 5.92 Å². The first kappa shape index (κ1) is 19.7. The van der Waals surface area contributed by atoms with E-state index in [1.807, 2.05) is 35.4 Å². The first-order chi connectivity index (χ1) is 14.1. The molecule has 1 fully saturated rings. The van der Waals surface area contributed by atoms with Crippen molar-refractivity contribution >= 4 is 17.5 Å². The second kappa shape index (κ2) is 8.80. The highest BCUT2D eigenvalue weighted by Crippen LogP contribution is 2.28. The second-order valence-corrected chi connectivity index (χ2v) is 8.31. The lowest BCUT2D eigenvalue weighted by Gasteiger charge is -2.25. The van der Waals surface area contributed by atoms with Crippen molar-refractivity contribution in [3.63, 3.8) is 0 Å². The van der Waals surface area contributed by atoms with Crippen molar-refractivity contribution in [2.45, 2.75) is 58.4 Å². The number of hydrogen-bond donors (Lipinski definition) is 1. The molecule has 0 atom stereocenters. The molecule has 0 unspecified atom stereocenters. The molecule has 0 spiro atoms. The van der Waals surface area contributed by atoms with E-state index < -0.39 is 0 Å². The third-order valence-corrected chi connectivity index (χ3v) is 6.16. The number of carbonyl (C=O) groups is 2. The smallest absolute Gasteiger partial charge is 0.222 e. The Kier molecular flexibility index (Phi) is 5.97. The average molecular weight is 395 g/mol. The Bertz CT molecular complexity index is 883. The van der Waals surface area contributed by atoms with Gasteiger partial charge in [-0.2, -0.15) is 0 Å². The lowest BCUT2D eigenvalue weighted by Crippen LogP contribution is -2.35. The number of amides is 2. The third kappa shape index (κ3) is 4.69. The molecule has 6 heteroatoms. The number of anilines is 1. The first-order valence-electron chi connectivity index (χ1n) is 10.8. The molecule has 1 N–H and O–H groups in total. The van der Waals surface area contributed by atoms with Crippen LogP contribution in [0.25, 0.3) is 11.3 Å². The van der Waals surface area contributed by atoms with Gasteiger partial charge in [-0.1, -0.05) is 31.4 Å². The molecular weight excluding hydrogens is 364 g/mol. The number of benzene rings is 1. The summed E-state index contributed by atoms with van der Waals surface area (Å²) in [6, 6.07) is 7.84. The minimum Gasteiger partial charge on any atom is -0.340 e. The molecule has 0 radical (unpaired) electrons. The van der Waals surface area contributed by atoms with Crippen LogP contribution in [0.15, 0.2) is 30.5 Å². The molecule has 2 heterocycles. The Hall–Kier alpha value is -2.63. The molecule has 6 nitrogen and oxygen atoms in total. The van der Waals surface area contributed by atoms with Gasteiger partial charge in [-0.15, -0.1) is 0 Å². The van der Waals surface area contributed by atoms with E-state index in [1.165, 1.54) is 39.0 Å². The van der Waals surface area contributed by atoms with Gasteiger partial charge in [0.05, 0.1) is 11.9 Å². The van der Waals surface area contributed by atoms with Gasteiger partial charge in [0.15, 0.2) is 0 Å². The Morgan fingerprint density at radius 3 is 2.76 bits per heavy atom. The fourth-order valence-electron chi connectivity index (χ4n) is 4.64. The lowest BCUT2D eigenvalue weighted by atomic mass is 9.86. The Morgan fingerprint density at radius 1 is 1.14 bits per heavy atom. The van der Waals surface area contributed by atoms with Crippen molar-refractivity contribution in [2.75, 3.05) is 18.4 Å². The van der Waals surface area contributed by atoms with Gasteiger partial charge in [0, 0.05) is 50.7 Å². The number of fused-ring (bicyclic) bond motifs is 1. The summed E-state index contributed by atoms with van der Waals surface area (Å²) in [4.78, 5) is 30.9. The van der Waals surface area contributed by atoms with Crippen LogP contribution in [0.1, 0.15) is 51.3 Å². The van der Waals surface area contributed by atoms with Crippen molar-refractivity contribution < 1.29 is 9.59 Å². The highest BCUT2D eigenvalue weighted by atomic mass is 16.2. The predicted molar refractivity (Wildman–Crippen MR) is 113 cm³/mol. The molecule has 2 aromatic rings. The molecule has 29 heavy (non-hydrogen) atoms. The van der Waals surface area contributed by atoms with Crippen LogP contribution in [-0.4, -0.2) is 39.4 Å². The second-order valence-electron chi connectivity index (χ2n) is 8.31. The zero-order valence-corrected chi connectivity index (χ0v) is 17.2. The summed E-state index contributed by atoms with van der Waals surface area (Å²) in [5.41, 5.74) is 2.84. The lowest BCUT2D eigenvalue weighted by molar-refractivity contribution is -0.132. The molecule has 154 valence electrons. The summed E-state index contributed by atoms with van der Waals surface area (Å²) < 4.78 is 2.22. The average Bonchev–Trinajstić information content (AvgIpc) is 2.99. The predicted octanol–water partition coefficient (Wildman–Crippen LogP) is 3.86. The zero-order chi connectivity index (χ0) is 20.2. The summed E-state index contributed by atoms with van der Waals surface area (Å²) in [6.45, 7) is 3.74. The first-order valence-corrected chi connectivity index (χ1v) is 10.8. The number of rotatable bonds is 4. The summed E-state index contributed by atoms with van der Waals surface area (Å²) in [5.74, 6) is 1.82. The van der Waals surface area contributed by atoms with Crippen LogP contribution < -0.4 is 5.32 Å². The number of nitrogens with zero attached hydrogens (tertiary/aromatic N) is 3. The molecular formula is C23H30N4O2. The normalized spacial score (nSPS) is 17.5. The van der Waals surface area contributed by atoms with Crippen LogP contribution in [0.4, 0.5) is 5.69 Å². The van der Waals surface area contributed by atoms with Gasteiger partial charge in [-0.05, 0) is 30.9 Å². The van der Waals surface area contributed by atoms with Gasteiger partial charge in [-0.25, -0.2) is 4.98 Å². The Balaban J connectivity index is 1.45. The van der Waals surface area contributed by atoms with E-state index in [0.29, 0.717) is 18.2 Å². The van der Waals surface area contributed by atoms with Crippen LogP contribution in [-0.2, 0) is 22.6 Å². The fourth-order valence-corrected chi connectivity index (χ4v) is 4.64. The van der Waals surface area contributed by atoms with Crippen molar-refractivity contribution in [1.29, 1.82) is 0 Å². The monoisotopic (exact) mass is 394 g/mol. The van der Waals surface area contributed by atoms with Crippen LogP contribution >= 0.6 is 0 Å². The summed E-state index contributed by atoms with van der Waals surface area (Å²) in [5, 5.41) is 2.84. The van der Waals surface area contributed by atoms with E-state index in [4.69, 9.17) is 0 Å². The van der Waals surface area contributed by atoms with E-state index in [1.54, 1.807) is 0 Å². The highest BCUT2D eigenvalue weighted by molar-refractivity contribution is 5.89. The minimum atomic E-state index is -0.0821. The standard InChI is InChI=1S/C23H30N4O2/c1-17(28)25-20-9-5-8-19(15-20)21-16-24-22-10-11-26(12-13-27(21)22)23(29)14-18-6-3-2-4-7-18/h5,8-9,15-16,18H,2-4,6-7,10-14H2,1H3,(H,25,28). The van der Waals surface area contributed by atoms with Crippen molar-refractivity contribution in [3.8, 4) is 11.3 Å². The summed E-state index contributed by atoms with van der Waals surface area (Å²) >= 11 is 0. The van der Waals surface area contributed by atoms with E-state index in [0.717, 1.165) is 48.8 Å².